The topological polar surface area (TPSA) is 51.2 Å². The zero-order valence-electron chi connectivity index (χ0n) is 22.5. The van der Waals surface area contributed by atoms with Gasteiger partial charge in [-0.15, -0.1) is 0 Å². The highest BCUT2D eigenvalue weighted by atomic mass is 16.6. The number of ether oxygens (including phenoxy) is 3. The first-order valence-corrected chi connectivity index (χ1v) is 13.3. The highest BCUT2D eigenvalue weighted by Crippen LogP contribution is 2.41. The Bertz CT molecular complexity index is 1320. The summed E-state index contributed by atoms with van der Waals surface area (Å²) in [6.45, 7) is 4.24. The van der Waals surface area contributed by atoms with Crippen LogP contribution in [-0.4, -0.2) is 56.2 Å². The first kappa shape index (κ1) is 26.5. The summed E-state index contributed by atoms with van der Waals surface area (Å²) in [5, 5.41) is 0. The van der Waals surface area contributed by atoms with E-state index in [-0.39, 0.29) is 6.04 Å². The maximum absolute atomic E-state index is 13.0. The number of benzene rings is 4. The van der Waals surface area contributed by atoms with E-state index < -0.39 is 5.97 Å². The van der Waals surface area contributed by atoms with E-state index in [4.69, 9.17) is 14.2 Å². The van der Waals surface area contributed by atoms with Crippen LogP contribution >= 0.6 is 0 Å². The van der Waals surface area contributed by atoms with Crippen LogP contribution in [-0.2, 0) is 6.54 Å². The molecule has 39 heavy (non-hydrogen) atoms. The summed E-state index contributed by atoms with van der Waals surface area (Å²) in [5.74, 6) is 0.919. The molecule has 200 valence electrons. The van der Waals surface area contributed by atoms with E-state index in [1.54, 1.807) is 26.4 Å². The first-order chi connectivity index (χ1) is 19.2. The number of carbonyl (C=O) groups is 1. The molecule has 0 saturated carbocycles. The van der Waals surface area contributed by atoms with Crippen molar-refractivity contribution >= 4 is 5.97 Å². The molecule has 5 rings (SSSR count). The van der Waals surface area contributed by atoms with E-state index >= 15 is 0 Å². The minimum atomic E-state index is -0.429. The van der Waals surface area contributed by atoms with Crippen LogP contribution in [0.5, 0.6) is 17.2 Å². The molecule has 0 amide bonds. The highest BCUT2D eigenvalue weighted by Gasteiger charge is 2.28. The van der Waals surface area contributed by atoms with Crippen LogP contribution in [0.1, 0.15) is 33.1 Å². The molecule has 4 aromatic rings. The van der Waals surface area contributed by atoms with Crippen LogP contribution in [0.2, 0.25) is 0 Å². The predicted octanol–water partition coefficient (Wildman–Crippen LogP) is 5.83. The molecule has 6 heteroatoms. The third-order valence-electron chi connectivity index (χ3n) is 7.18. The standard InChI is InChI=1S/C33H34N2O4/c1-37-29-19-18-28(31(32(29)38-2)39-33(36)27-16-10-5-11-17-27)24-34-20-22-35(23-21-34)30(25-12-6-3-7-13-25)26-14-8-4-9-15-26/h3-19,30H,20-24H2,1-2H3. The largest absolute Gasteiger partial charge is 0.493 e. The average molecular weight is 523 g/mol. The molecule has 1 fully saturated rings. The SMILES string of the molecule is COc1ccc(CN2CCN(C(c3ccccc3)c3ccccc3)CC2)c(OC(=O)c2ccccc2)c1OC. The van der Waals surface area contributed by atoms with Crippen LogP contribution in [0.25, 0.3) is 0 Å². The van der Waals surface area contributed by atoms with Crippen molar-refractivity contribution in [1.29, 1.82) is 0 Å². The Morgan fingerprint density at radius 3 is 1.79 bits per heavy atom. The van der Waals surface area contributed by atoms with Crippen molar-refractivity contribution in [2.24, 2.45) is 0 Å². The Balaban J connectivity index is 1.34. The molecular weight excluding hydrogens is 488 g/mol. The van der Waals surface area contributed by atoms with Gasteiger partial charge in [0.2, 0.25) is 5.75 Å². The van der Waals surface area contributed by atoms with E-state index in [2.05, 4.69) is 70.5 Å². The molecule has 4 aromatic carbocycles. The van der Waals surface area contributed by atoms with Gasteiger partial charge in [0.1, 0.15) is 0 Å². The number of esters is 1. The summed E-state index contributed by atoms with van der Waals surface area (Å²) in [7, 11) is 3.14. The summed E-state index contributed by atoms with van der Waals surface area (Å²) in [5.41, 5.74) is 3.96. The second-order valence-corrected chi connectivity index (χ2v) is 9.58. The molecule has 0 aliphatic carbocycles. The monoisotopic (exact) mass is 522 g/mol. The molecule has 0 atom stereocenters. The lowest BCUT2D eigenvalue weighted by Crippen LogP contribution is -2.47. The van der Waals surface area contributed by atoms with Crippen LogP contribution in [0.4, 0.5) is 0 Å². The van der Waals surface area contributed by atoms with Gasteiger partial charge in [-0.1, -0.05) is 84.9 Å². The Morgan fingerprint density at radius 2 is 1.26 bits per heavy atom. The van der Waals surface area contributed by atoms with E-state index in [1.165, 1.54) is 11.1 Å². The molecule has 0 unspecified atom stereocenters. The molecule has 0 N–H and O–H groups in total. The number of carbonyl (C=O) groups excluding carboxylic acids is 1. The zero-order valence-corrected chi connectivity index (χ0v) is 22.5. The summed E-state index contributed by atoms with van der Waals surface area (Å²) in [4.78, 5) is 17.9. The van der Waals surface area contributed by atoms with Crippen molar-refractivity contribution < 1.29 is 19.0 Å². The quantitative estimate of drug-likeness (QED) is 0.204. The van der Waals surface area contributed by atoms with Crippen molar-refractivity contribution in [3.63, 3.8) is 0 Å². The fourth-order valence-corrected chi connectivity index (χ4v) is 5.21. The zero-order chi connectivity index (χ0) is 27.0. The predicted molar refractivity (Wildman–Crippen MR) is 153 cm³/mol. The number of rotatable bonds is 9. The second kappa shape index (κ2) is 12.6. The summed E-state index contributed by atoms with van der Waals surface area (Å²) in [6, 6.07) is 34.4. The van der Waals surface area contributed by atoms with Crippen LogP contribution in [0, 0.1) is 0 Å². The molecule has 6 nitrogen and oxygen atoms in total. The number of piperazine rings is 1. The van der Waals surface area contributed by atoms with Crippen LogP contribution in [0.3, 0.4) is 0 Å². The van der Waals surface area contributed by atoms with Gasteiger partial charge in [0.05, 0.1) is 25.8 Å². The van der Waals surface area contributed by atoms with Gasteiger partial charge in [0, 0.05) is 38.3 Å². The van der Waals surface area contributed by atoms with E-state index in [0.717, 1.165) is 31.7 Å². The molecule has 1 aliphatic rings. The highest BCUT2D eigenvalue weighted by molar-refractivity contribution is 5.91. The van der Waals surface area contributed by atoms with Crippen molar-refractivity contribution in [3.8, 4) is 17.2 Å². The van der Waals surface area contributed by atoms with Crippen LogP contribution < -0.4 is 14.2 Å². The van der Waals surface area contributed by atoms with E-state index in [1.807, 2.05) is 30.3 Å². The minimum Gasteiger partial charge on any atom is -0.493 e. The first-order valence-electron chi connectivity index (χ1n) is 13.3. The maximum atomic E-state index is 13.0. The molecule has 0 aromatic heterocycles. The number of methoxy groups -OCH3 is 2. The third kappa shape index (κ3) is 6.14. The number of hydrogen-bond acceptors (Lipinski definition) is 6. The Hall–Kier alpha value is -4.13. The fourth-order valence-electron chi connectivity index (χ4n) is 5.21. The molecule has 1 aliphatic heterocycles. The van der Waals surface area contributed by atoms with Crippen molar-refractivity contribution in [3.05, 3.63) is 125 Å². The number of nitrogens with zero attached hydrogens (tertiary/aromatic N) is 2. The normalized spacial score (nSPS) is 14.2. The Labute approximate surface area is 230 Å². The number of hydrogen-bond donors (Lipinski definition) is 0. The van der Waals surface area contributed by atoms with Gasteiger partial charge >= 0.3 is 5.97 Å². The molecule has 0 spiro atoms. The van der Waals surface area contributed by atoms with Crippen LogP contribution in [0.15, 0.2) is 103 Å². The van der Waals surface area contributed by atoms with Gasteiger partial charge in [0.15, 0.2) is 11.5 Å². The lowest BCUT2D eigenvalue weighted by atomic mass is 9.96. The van der Waals surface area contributed by atoms with Gasteiger partial charge in [-0.3, -0.25) is 9.80 Å². The van der Waals surface area contributed by atoms with E-state index in [0.29, 0.717) is 29.4 Å². The van der Waals surface area contributed by atoms with Gasteiger partial charge in [-0.25, -0.2) is 4.79 Å². The molecule has 1 saturated heterocycles. The Kier molecular flexibility index (Phi) is 8.56. The lowest BCUT2D eigenvalue weighted by Gasteiger charge is -2.40. The van der Waals surface area contributed by atoms with Gasteiger partial charge in [-0.05, 0) is 29.3 Å². The summed E-state index contributed by atoms with van der Waals surface area (Å²) < 4.78 is 17.1. The van der Waals surface area contributed by atoms with Gasteiger partial charge in [-0.2, -0.15) is 0 Å². The molecular formula is C33H34N2O4. The minimum absolute atomic E-state index is 0.206. The van der Waals surface area contributed by atoms with Crippen molar-refractivity contribution in [2.75, 3.05) is 40.4 Å². The average Bonchev–Trinajstić information content (AvgIpc) is 3.00. The summed E-state index contributed by atoms with van der Waals surface area (Å²) in [6.07, 6.45) is 0. The maximum Gasteiger partial charge on any atom is 0.343 e. The Morgan fingerprint density at radius 1 is 0.692 bits per heavy atom. The van der Waals surface area contributed by atoms with Gasteiger partial charge in [0.25, 0.3) is 0 Å². The second-order valence-electron chi connectivity index (χ2n) is 9.58. The fraction of sp³-hybridized carbons (Fsp3) is 0.242. The molecule has 1 heterocycles. The third-order valence-corrected chi connectivity index (χ3v) is 7.18. The van der Waals surface area contributed by atoms with Crippen molar-refractivity contribution in [2.45, 2.75) is 12.6 Å². The smallest absolute Gasteiger partial charge is 0.343 e. The van der Waals surface area contributed by atoms with Crippen molar-refractivity contribution in [1.82, 2.24) is 9.80 Å². The summed E-state index contributed by atoms with van der Waals surface area (Å²) >= 11 is 0. The molecule has 0 bridgehead atoms. The van der Waals surface area contributed by atoms with E-state index in [9.17, 15) is 4.79 Å². The van der Waals surface area contributed by atoms with Gasteiger partial charge < -0.3 is 14.2 Å². The molecule has 0 radical (unpaired) electrons. The lowest BCUT2D eigenvalue weighted by molar-refractivity contribution is 0.0721.